The molecule has 0 saturated heterocycles. The molecule has 2 aromatic carbocycles. The summed E-state index contributed by atoms with van der Waals surface area (Å²) in [6.07, 6.45) is 1.39. The van der Waals surface area contributed by atoms with Gasteiger partial charge in [-0.05, 0) is 52.4 Å². The Morgan fingerprint density at radius 3 is 2.23 bits per heavy atom. The Bertz CT molecular complexity index is 824. The van der Waals surface area contributed by atoms with E-state index in [1.807, 2.05) is 24.3 Å². The summed E-state index contributed by atoms with van der Waals surface area (Å²) in [6, 6.07) is 9.83. The van der Waals surface area contributed by atoms with Gasteiger partial charge < -0.3 is 0 Å². The van der Waals surface area contributed by atoms with Gasteiger partial charge in [0.15, 0.2) is 0 Å². The van der Waals surface area contributed by atoms with Crippen LogP contribution in [0.3, 0.4) is 0 Å². The van der Waals surface area contributed by atoms with Gasteiger partial charge in [-0.1, -0.05) is 46.9 Å². The maximum Gasteiger partial charge on any atom is 0.278 e. The number of hydrogen-bond acceptors (Lipinski definition) is 3. The standard InChI is InChI=1S/C13H8Cl3IN2O2S/c14-10-5-12(16)13(6-11(10)15)22(20,21)19-18-7-8-1-3-9(17)4-2-8/h1-7,19H. The molecule has 1 N–H and O–H groups in total. The van der Waals surface area contributed by atoms with Crippen LogP contribution in [-0.4, -0.2) is 14.6 Å². The molecule has 0 aliphatic rings. The van der Waals surface area contributed by atoms with Crippen molar-refractivity contribution in [3.8, 4) is 0 Å². The number of halogens is 4. The van der Waals surface area contributed by atoms with Crippen LogP contribution in [0.5, 0.6) is 0 Å². The Morgan fingerprint density at radius 1 is 1.00 bits per heavy atom. The molecule has 0 heterocycles. The highest BCUT2D eigenvalue weighted by Gasteiger charge is 2.19. The van der Waals surface area contributed by atoms with Crippen molar-refractivity contribution >= 4 is 73.6 Å². The van der Waals surface area contributed by atoms with Gasteiger partial charge in [-0.25, -0.2) is 4.83 Å². The zero-order valence-electron chi connectivity index (χ0n) is 10.7. The van der Waals surface area contributed by atoms with Crippen LogP contribution in [0, 0.1) is 3.57 Å². The zero-order chi connectivity index (χ0) is 16.3. The van der Waals surface area contributed by atoms with Gasteiger partial charge in [0.25, 0.3) is 10.0 Å². The van der Waals surface area contributed by atoms with Gasteiger partial charge in [0.2, 0.25) is 0 Å². The number of rotatable bonds is 4. The van der Waals surface area contributed by atoms with E-state index in [2.05, 4.69) is 32.5 Å². The second-order valence-electron chi connectivity index (χ2n) is 4.10. The molecule has 0 unspecified atom stereocenters. The molecule has 0 radical (unpaired) electrons. The normalized spacial score (nSPS) is 11.8. The van der Waals surface area contributed by atoms with Crippen molar-refractivity contribution in [1.82, 2.24) is 4.83 Å². The minimum absolute atomic E-state index is 0.0358. The van der Waals surface area contributed by atoms with Crippen LogP contribution in [0.1, 0.15) is 5.56 Å². The van der Waals surface area contributed by atoms with Crippen molar-refractivity contribution < 1.29 is 8.42 Å². The average molecular weight is 490 g/mol. The van der Waals surface area contributed by atoms with Crippen molar-refractivity contribution in [3.05, 3.63) is 60.6 Å². The van der Waals surface area contributed by atoms with E-state index in [-0.39, 0.29) is 20.0 Å². The monoisotopic (exact) mass is 488 g/mol. The summed E-state index contributed by atoms with van der Waals surface area (Å²) in [7, 11) is -3.93. The van der Waals surface area contributed by atoms with Crippen LogP contribution in [0.25, 0.3) is 0 Å². The molecule has 9 heteroatoms. The van der Waals surface area contributed by atoms with E-state index in [9.17, 15) is 8.42 Å². The first-order chi connectivity index (χ1) is 10.3. The molecule has 0 atom stereocenters. The molecule has 0 spiro atoms. The fourth-order valence-electron chi connectivity index (χ4n) is 1.48. The van der Waals surface area contributed by atoms with Gasteiger partial charge in [0, 0.05) is 3.57 Å². The maximum absolute atomic E-state index is 12.1. The topological polar surface area (TPSA) is 58.5 Å². The minimum Gasteiger partial charge on any atom is -0.200 e. The minimum atomic E-state index is -3.93. The van der Waals surface area contributed by atoms with Crippen LogP contribution in [0.4, 0.5) is 0 Å². The van der Waals surface area contributed by atoms with Gasteiger partial charge >= 0.3 is 0 Å². The third-order valence-corrected chi connectivity index (χ3v) is 5.65. The van der Waals surface area contributed by atoms with E-state index in [1.54, 1.807) is 0 Å². The second-order valence-corrected chi connectivity index (χ2v) is 8.20. The van der Waals surface area contributed by atoms with E-state index < -0.39 is 10.0 Å². The lowest BCUT2D eigenvalue weighted by Crippen LogP contribution is -2.18. The lowest BCUT2D eigenvalue weighted by Gasteiger charge is -2.07. The summed E-state index contributed by atoms with van der Waals surface area (Å²) in [6.45, 7) is 0. The third-order valence-electron chi connectivity index (χ3n) is 2.52. The summed E-state index contributed by atoms with van der Waals surface area (Å²) >= 11 is 19.6. The molecule has 116 valence electrons. The first-order valence-corrected chi connectivity index (χ1v) is 9.44. The van der Waals surface area contributed by atoms with Crippen LogP contribution < -0.4 is 4.83 Å². The number of benzene rings is 2. The summed E-state index contributed by atoms with van der Waals surface area (Å²) in [4.78, 5) is 1.89. The van der Waals surface area contributed by atoms with Crippen LogP contribution >= 0.6 is 57.4 Å². The van der Waals surface area contributed by atoms with Gasteiger partial charge in [-0.2, -0.15) is 13.5 Å². The zero-order valence-corrected chi connectivity index (χ0v) is 16.0. The molecule has 0 amide bonds. The first-order valence-electron chi connectivity index (χ1n) is 5.74. The van der Waals surface area contributed by atoms with E-state index in [0.717, 1.165) is 9.13 Å². The van der Waals surface area contributed by atoms with Crippen molar-refractivity contribution in [2.24, 2.45) is 5.10 Å². The Morgan fingerprint density at radius 2 is 1.59 bits per heavy atom. The number of sulfonamides is 1. The molecule has 0 aliphatic carbocycles. The van der Waals surface area contributed by atoms with E-state index in [4.69, 9.17) is 34.8 Å². The van der Waals surface area contributed by atoms with Gasteiger partial charge in [0.05, 0.1) is 21.3 Å². The summed E-state index contributed by atoms with van der Waals surface area (Å²) < 4.78 is 25.4. The first kappa shape index (κ1) is 17.8. The van der Waals surface area contributed by atoms with Gasteiger partial charge in [-0.3, -0.25) is 0 Å². The lowest BCUT2D eigenvalue weighted by atomic mass is 10.2. The quantitative estimate of drug-likeness (QED) is 0.296. The van der Waals surface area contributed by atoms with Crippen LogP contribution in [-0.2, 0) is 10.0 Å². The van der Waals surface area contributed by atoms with Crippen molar-refractivity contribution in [2.75, 3.05) is 0 Å². The highest BCUT2D eigenvalue weighted by molar-refractivity contribution is 14.1. The van der Waals surface area contributed by atoms with Crippen molar-refractivity contribution in [3.63, 3.8) is 0 Å². The van der Waals surface area contributed by atoms with Crippen molar-refractivity contribution in [2.45, 2.75) is 4.90 Å². The molecule has 0 saturated carbocycles. The molecule has 0 bridgehead atoms. The van der Waals surface area contributed by atoms with Crippen molar-refractivity contribution in [1.29, 1.82) is 0 Å². The highest BCUT2D eigenvalue weighted by Crippen LogP contribution is 2.31. The van der Waals surface area contributed by atoms with Crippen LogP contribution in [0.15, 0.2) is 46.4 Å². The van der Waals surface area contributed by atoms with E-state index in [0.29, 0.717) is 0 Å². The maximum atomic E-state index is 12.1. The molecular weight excluding hydrogens is 481 g/mol. The predicted molar refractivity (Wildman–Crippen MR) is 98.5 cm³/mol. The third kappa shape index (κ3) is 4.48. The molecule has 0 aromatic heterocycles. The smallest absolute Gasteiger partial charge is 0.200 e. The SMILES string of the molecule is O=S(=O)(NN=Cc1ccc(I)cc1)c1cc(Cl)c(Cl)cc1Cl. The molecule has 2 aromatic rings. The Balaban J connectivity index is 2.21. The number of hydrazone groups is 1. The number of nitrogens with zero attached hydrogens (tertiary/aromatic N) is 1. The van der Waals surface area contributed by atoms with Crippen LogP contribution in [0.2, 0.25) is 15.1 Å². The number of hydrogen-bond donors (Lipinski definition) is 1. The summed E-state index contributed by atoms with van der Waals surface area (Å²) in [5, 5.41) is 3.94. The number of nitrogens with one attached hydrogen (secondary N) is 1. The van der Waals surface area contributed by atoms with E-state index in [1.165, 1.54) is 18.3 Å². The van der Waals surface area contributed by atoms with Gasteiger partial charge in [-0.15, -0.1) is 0 Å². The fourth-order valence-corrected chi connectivity index (χ4v) is 3.63. The Hall–Kier alpha value is -0.540. The average Bonchev–Trinajstić information content (AvgIpc) is 2.44. The predicted octanol–water partition coefficient (Wildman–Crippen LogP) is 4.56. The molecule has 4 nitrogen and oxygen atoms in total. The molecule has 22 heavy (non-hydrogen) atoms. The molecule has 2 rings (SSSR count). The lowest BCUT2D eigenvalue weighted by molar-refractivity contribution is 0.585. The Labute approximate surface area is 156 Å². The summed E-state index contributed by atoms with van der Waals surface area (Å²) in [5.41, 5.74) is 0.753. The summed E-state index contributed by atoms with van der Waals surface area (Å²) in [5.74, 6) is 0. The molecular formula is C13H8Cl3IN2O2S. The molecule has 0 fully saturated rings. The van der Waals surface area contributed by atoms with E-state index >= 15 is 0 Å². The highest BCUT2D eigenvalue weighted by atomic mass is 127. The largest absolute Gasteiger partial charge is 0.278 e. The fraction of sp³-hybridized carbons (Fsp3) is 0. The molecule has 0 aliphatic heterocycles. The Kier molecular flexibility index (Phi) is 5.95. The van der Waals surface area contributed by atoms with Gasteiger partial charge in [0.1, 0.15) is 4.90 Å². The second kappa shape index (κ2) is 7.35.